The summed E-state index contributed by atoms with van der Waals surface area (Å²) in [4.78, 5) is 13.4. The number of carbonyl (C=O) groups is 1. The molecule has 3 aliphatic rings. The number of nitrogens with zero attached hydrogens (tertiary/aromatic N) is 3. The molecule has 3 heterocycles. The van der Waals surface area contributed by atoms with Gasteiger partial charge in [0.05, 0.1) is 25.4 Å². The summed E-state index contributed by atoms with van der Waals surface area (Å²) >= 11 is 0. The average Bonchev–Trinajstić information content (AvgIpc) is 2.72. The molecule has 0 aromatic heterocycles. The largest absolute Gasteiger partial charge is 0.382 e. The van der Waals surface area contributed by atoms with Crippen LogP contribution in [0.2, 0.25) is 0 Å². The summed E-state index contributed by atoms with van der Waals surface area (Å²) in [6, 6.07) is -1.02. The first-order valence-electron chi connectivity index (χ1n) is 10.3. The fourth-order valence-corrected chi connectivity index (χ4v) is 6.43. The van der Waals surface area contributed by atoms with Crippen LogP contribution in [-0.4, -0.2) is 133 Å². The predicted molar refractivity (Wildman–Crippen MR) is 113 cm³/mol. The van der Waals surface area contributed by atoms with Crippen molar-refractivity contribution in [1.29, 1.82) is 0 Å². The standard InChI is InChI=1S/C17H31B2N4O6P/c1-13(24)21-3-5-22(6-4-21)30(25,27-12-14-7-20-8-16(18)28-14)23-9-15(11-26-2)29-17(19)10-23/h14-17,20H,3-12H2,1-2H3. The molecule has 1 N–H and O–H groups in total. The zero-order valence-corrected chi connectivity index (χ0v) is 18.7. The highest BCUT2D eigenvalue weighted by atomic mass is 31.2. The van der Waals surface area contributed by atoms with E-state index < -0.39 is 19.7 Å². The minimum Gasteiger partial charge on any atom is -0.382 e. The molecule has 10 nitrogen and oxygen atoms in total. The van der Waals surface area contributed by atoms with Crippen molar-refractivity contribution in [2.75, 3.05) is 72.7 Å². The third-order valence-electron chi connectivity index (χ3n) is 5.45. The molecule has 3 saturated heterocycles. The fourth-order valence-electron chi connectivity index (χ4n) is 3.95. The number of amides is 1. The van der Waals surface area contributed by atoms with E-state index in [1.165, 1.54) is 0 Å². The molecule has 3 fully saturated rings. The normalized spacial score (nSPS) is 33.9. The number of morpholine rings is 2. The Kier molecular flexibility index (Phi) is 8.81. The van der Waals surface area contributed by atoms with Gasteiger partial charge >= 0.3 is 7.67 Å². The molecule has 166 valence electrons. The van der Waals surface area contributed by atoms with E-state index >= 15 is 0 Å². The average molecular weight is 440 g/mol. The Balaban J connectivity index is 1.73. The van der Waals surface area contributed by atoms with Gasteiger partial charge in [-0.05, 0) is 0 Å². The molecular weight excluding hydrogens is 409 g/mol. The van der Waals surface area contributed by atoms with Gasteiger partial charge in [0.2, 0.25) is 5.91 Å². The van der Waals surface area contributed by atoms with Crippen molar-refractivity contribution in [3.8, 4) is 0 Å². The van der Waals surface area contributed by atoms with Crippen molar-refractivity contribution in [3.63, 3.8) is 0 Å². The van der Waals surface area contributed by atoms with E-state index in [1.807, 2.05) is 4.67 Å². The van der Waals surface area contributed by atoms with Crippen molar-refractivity contribution in [2.45, 2.75) is 31.1 Å². The number of nitrogens with one attached hydrogen (secondary N) is 1. The van der Waals surface area contributed by atoms with Gasteiger partial charge in [0.25, 0.3) is 0 Å². The lowest BCUT2D eigenvalue weighted by Gasteiger charge is -2.46. The monoisotopic (exact) mass is 440 g/mol. The van der Waals surface area contributed by atoms with E-state index in [9.17, 15) is 9.36 Å². The summed E-state index contributed by atoms with van der Waals surface area (Å²) in [6.07, 6.45) is -0.611. The fraction of sp³-hybridized carbons (Fsp3) is 0.941. The van der Waals surface area contributed by atoms with Crippen LogP contribution in [0.15, 0.2) is 0 Å². The molecule has 0 aromatic carbocycles. The maximum absolute atomic E-state index is 14.3. The van der Waals surface area contributed by atoms with Gasteiger partial charge in [-0.15, -0.1) is 0 Å². The molecule has 0 saturated carbocycles. The summed E-state index contributed by atoms with van der Waals surface area (Å²) in [7, 11) is 10.1. The molecule has 0 bridgehead atoms. The van der Waals surface area contributed by atoms with Crippen LogP contribution in [0.5, 0.6) is 0 Å². The van der Waals surface area contributed by atoms with Gasteiger partial charge in [0.15, 0.2) is 0 Å². The van der Waals surface area contributed by atoms with Crippen molar-refractivity contribution < 1.29 is 28.1 Å². The molecule has 0 aliphatic carbocycles. The lowest BCUT2D eigenvalue weighted by molar-refractivity contribution is -0.130. The smallest absolute Gasteiger partial charge is 0.346 e. The Morgan fingerprint density at radius 2 is 1.73 bits per heavy atom. The summed E-state index contributed by atoms with van der Waals surface area (Å²) in [5.41, 5.74) is 0. The first-order valence-corrected chi connectivity index (χ1v) is 11.9. The van der Waals surface area contributed by atoms with Gasteiger partial charge in [0.1, 0.15) is 15.7 Å². The number of rotatable bonds is 7. The quantitative estimate of drug-likeness (QED) is 0.379. The Hall–Kier alpha value is -0.450. The number of methoxy groups -OCH3 is 1. The molecular formula is C17H31B2N4O6P. The van der Waals surface area contributed by atoms with Crippen molar-refractivity contribution in [2.24, 2.45) is 0 Å². The highest BCUT2D eigenvalue weighted by Gasteiger charge is 2.44. The van der Waals surface area contributed by atoms with Crippen molar-refractivity contribution in [1.82, 2.24) is 19.6 Å². The third-order valence-corrected chi connectivity index (χ3v) is 8.10. The van der Waals surface area contributed by atoms with Crippen LogP contribution in [0.3, 0.4) is 0 Å². The molecule has 30 heavy (non-hydrogen) atoms. The van der Waals surface area contributed by atoms with E-state index in [1.54, 1.807) is 23.6 Å². The second-order valence-electron chi connectivity index (χ2n) is 7.82. The molecule has 5 unspecified atom stereocenters. The Morgan fingerprint density at radius 1 is 1.03 bits per heavy atom. The molecule has 13 heteroatoms. The summed E-state index contributed by atoms with van der Waals surface area (Å²) in [6.45, 7) is 5.67. The second kappa shape index (κ2) is 10.9. The predicted octanol–water partition coefficient (Wildman–Crippen LogP) is -1.40. The first kappa shape index (κ1) is 24.2. The Labute approximate surface area is 181 Å². The first-order chi connectivity index (χ1) is 14.3. The molecule has 3 aliphatic heterocycles. The van der Waals surface area contributed by atoms with Crippen molar-refractivity contribution >= 4 is 29.3 Å². The minimum absolute atomic E-state index is 0.00891. The number of hydrogen-bond donors (Lipinski definition) is 1. The number of ether oxygens (including phenoxy) is 3. The van der Waals surface area contributed by atoms with E-state index in [4.69, 9.17) is 34.4 Å². The highest BCUT2D eigenvalue weighted by Crippen LogP contribution is 2.55. The van der Waals surface area contributed by atoms with Crippen LogP contribution >= 0.6 is 7.67 Å². The van der Waals surface area contributed by atoms with Crippen LogP contribution < -0.4 is 5.32 Å². The lowest BCUT2D eigenvalue weighted by atomic mass is 9.98. The molecule has 1 amide bonds. The number of hydrogen-bond acceptors (Lipinski definition) is 7. The van der Waals surface area contributed by atoms with E-state index in [-0.39, 0.29) is 31.3 Å². The minimum atomic E-state index is -3.45. The van der Waals surface area contributed by atoms with Crippen LogP contribution in [-0.2, 0) is 28.1 Å². The lowest BCUT2D eigenvalue weighted by Crippen LogP contribution is -2.54. The summed E-state index contributed by atoms with van der Waals surface area (Å²) in [5, 5.41) is 3.18. The molecule has 5 atom stereocenters. The maximum atomic E-state index is 14.3. The summed E-state index contributed by atoms with van der Waals surface area (Å²) in [5.74, 6) is 0.00891. The molecule has 3 rings (SSSR count). The van der Waals surface area contributed by atoms with Gasteiger partial charge < -0.3 is 29.0 Å². The number of piperazine rings is 1. The number of carbonyl (C=O) groups excluding carboxylic acids is 1. The zero-order valence-electron chi connectivity index (χ0n) is 17.8. The maximum Gasteiger partial charge on any atom is 0.346 e. The van der Waals surface area contributed by atoms with Gasteiger partial charge in [-0.3, -0.25) is 9.36 Å². The van der Waals surface area contributed by atoms with Gasteiger partial charge in [-0.1, -0.05) is 0 Å². The third kappa shape index (κ3) is 6.07. The summed E-state index contributed by atoms with van der Waals surface area (Å²) < 4.78 is 40.6. The van der Waals surface area contributed by atoms with Crippen LogP contribution in [0, 0.1) is 0 Å². The van der Waals surface area contributed by atoms with Crippen molar-refractivity contribution in [3.05, 3.63) is 0 Å². The van der Waals surface area contributed by atoms with E-state index in [0.717, 1.165) is 0 Å². The molecule has 0 spiro atoms. The zero-order chi connectivity index (χ0) is 21.7. The SMILES string of the molecule is [B]C1CNCC(COP(=O)(N2CCN(C(C)=O)CC2)N2CC([B])OC(COC)C2)O1. The Bertz CT molecular complexity index is 627. The van der Waals surface area contributed by atoms with E-state index in [2.05, 4.69) is 5.32 Å². The second-order valence-corrected chi connectivity index (χ2v) is 10.2. The van der Waals surface area contributed by atoms with Gasteiger partial charge in [0, 0.05) is 78.4 Å². The van der Waals surface area contributed by atoms with Crippen LogP contribution in [0.4, 0.5) is 0 Å². The van der Waals surface area contributed by atoms with Crippen LogP contribution in [0.25, 0.3) is 0 Å². The topological polar surface area (TPSA) is 92.8 Å². The van der Waals surface area contributed by atoms with E-state index in [0.29, 0.717) is 52.4 Å². The van der Waals surface area contributed by atoms with Crippen LogP contribution in [0.1, 0.15) is 6.92 Å². The Morgan fingerprint density at radius 3 is 2.37 bits per heavy atom. The molecule has 0 aromatic rings. The van der Waals surface area contributed by atoms with Gasteiger partial charge in [-0.2, -0.15) is 0 Å². The molecule has 4 radical (unpaired) electrons. The van der Waals surface area contributed by atoms with Gasteiger partial charge in [-0.25, -0.2) is 9.34 Å². The highest BCUT2D eigenvalue weighted by molar-refractivity contribution is 7.54.